The van der Waals surface area contributed by atoms with Crippen LogP contribution in [0.25, 0.3) is 0 Å². The van der Waals surface area contributed by atoms with E-state index in [-0.39, 0.29) is 5.78 Å². The lowest BCUT2D eigenvalue weighted by Crippen LogP contribution is -2.26. The van der Waals surface area contributed by atoms with E-state index in [1.54, 1.807) is 0 Å². The Bertz CT molecular complexity index is 395. The van der Waals surface area contributed by atoms with Gasteiger partial charge in [-0.2, -0.15) is 0 Å². The van der Waals surface area contributed by atoms with Gasteiger partial charge < -0.3 is 9.64 Å². The zero-order chi connectivity index (χ0) is 14.3. The molecule has 3 nitrogen and oxygen atoms in total. The molecule has 0 heterocycles. The maximum Gasteiger partial charge on any atom is 0.164 e. The molecule has 0 N–H and O–H groups in total. The summed E-state index contributed by atoms with van der Waals surface area (Å²) >= 11 is 0. The zero-order valence-corrected chi connectivity index (χ0v) is 12.5. The molecule has 0 aliphatic carbocycles. The normalized spacial score (nSPS) is 11.0. The van der Waals surface area contributed by atoms with Crippen molar-refractivity contribution in [2.45, 2.75) is 27.2 Å². The average Bonchev–Trinajstić information content (AvgIpc) is 2.35. The van der Waals surface area contributed by atoms with Crippen LogP contribution in [-0.2, 0) is 4.74 Å². The molecular weight excluding hydrogens is 238 g/mol. The van der Waals surface area contributed by atoms with E-state index in [0.717, 1.165) is 43.0 Å². The molecule has 0 radical (unpaired) electrons. The predicted molar refractivity (Wildman–Crippen MR) is 78.9 cm³/mol. The fourth-order valence-electron chi connectivity index (χ4n) is 2.05. The molecule has 0 saturated carbocycles. The minimum absolute atomic E-state index is 0.218. The highest BCUT2D eigenvalue weighted by atomic mass is 16.5. The highest BCUT2D eigenvalue weighted by molar-refractivity contribution is 5.96. The summed E-state index contributed by atoms with van der Waals surface area (Å²) in [5.74, 6) is 0.218. The number of carbonyl (C=O) groups excluding carboxylic acids is 1. The van der Waals surface area contributed by atoms with Gasteiger partial charge in [-0.15, -0.1) is 0 Å². The second-order valence-electron chi connectivity index (χ2n) is 5.05. The molecule has 0 fully saturated rings. The lowest BCUT2D eigenvalue weighted by atomic mass is 10.0. The van der Waals surface area contributed by atoms with Crippen LogP contribution in [0.1, 0.15) is 34.8 Å². The fourth-order valence-corrected chi connectivity index (χ4v) is 2.05. The molecule has 0 amide bonds. The highest BCUT2D eigenvalue weighted by Crippen LogP contribution is 2.11. The Kier molecular flexibility index (Phi) is 6.74. The van der Waals surface area contributed by atoms with Gasteiger partial charge in [-0.1, -0.05) is 17.2 Å². The Morgan fingerprint density at radius 1 is 1.16 bits per heavy atom. The van der Waals surface area contributed by atoms with Crippen LogP contribution in [0.4, 0.5) is 0 Å². The van der Waals surface area contributed by atoms with Gasteiger partial charge in [0.05, 0.1) is 6.61 Å². The third-order valence-electron chi connectivity index (χ3n) is 3.09. The minimum Gasteiger partial charge on any atom is -0.380 e. The van der Waals surface area contributed by atoms with E-state index in [1.807, 2.05) is 40.0 Å². The first-order valence-electron chi connectivity index (χ1n) is 6.90. The van der Waals surface area contributed by atoms with Crippen LogP contribution in [0.5, 0.6) is 0 Å². The van der Waals surface area contributed by atoms with Crippen molar-refractivity contribution < 1.29 is 9.53 Å². The molecule has 0 aliphatic rings. The molecule has 106 valence electrons. The van der Waals surface area contributed by atoms with E-state index in [4.69, 9.17) is 4.74 Å². The van der Waals surface area contributed by atoms with Crippen molar-refractivity contribution in [3.8, 4) is 0 Å². The van der Waals surface area contributed by atoms with E-state index in [9.17, 15) is 4.79 Å². The Hall–Kier alpha value is -1.19. The van der Waals surface area contributed by atoms with E-state index < -0.39 is 0 Å². The van der Waals surface area contributed by atoms with Gasteiger partial charge in [0, 0.05) is 31.7 Å². The van der Waals surface area contributed by atoms with Crippen molar-refractivity contribution in [3.63, 3.8) is 0 Å². The van der Waals surface area contributed by atoms with Gasteiger partial charge in [0.1, 0.15) is 0 Å². The summed E-state index contributed by atoms with van der Waals surface area (Å²) in [6.45, 7) is 9.16. The van der Waals surface area contributed by atoms with Crippen LogP contribution in [0.15, 0.2) is 18.2 Å². The van der Waals surface area contributed by atoms with E-state index in [1.165, 1.54) is 0 Å². The minimum atomic E-state index is 0.218. The Morgan fingerprint density at radius 2 is 1.79 bits per heavy atom. The van der Waals surface area contributed by atoms with Crippen LogP contribution in [-0.4, -0.2) is 44.0 Å². The Balaban J connectivity index is 2.42. The Morgan fingerprint density at radius 3 is 2.37 bits per heavy atom. The van der Waals surface area contributed by atoms with E-state index in [2.05, 4.69) is 11.0 Å². The van der Waals surface area contributed by atoms with Gasteiger partial charge in [0.15, 0.2) is 5.78 Å². The lowest BCUT2D eigenvalue weighted by Gasteiger charge is -2.15. The molecule has 1 aromatic rings. The van der Waals surface area contributed by atoms with Gasteiger partial charge in [0.2, 0.25) is 0 Å². The number of ether oxygens (including phenoxy) is 1. The summed E-state index contributed by atoms with van der Waals surface area (Å²) in [5.41, 5.74) is 3.12. The molecule has 1 aromatic carbocycles. The number of Topliss-reactive ketones (excluding diaryl/α,β-unsaturated/α-hetero) is 1. The second kappa shape index (κ2) is 8.08. The fraction of sp³-hybridized carbons (Fsp3) is 0.562. The molecule has 0 aliphatic heterocycles. The lowest BCUT2D eigenvalue weighted by molar-refractivity contribution is 0.0946. The summed E-state index contributed by atoms with van der Waals surface area (Å²) in [4.78, 5) is 14.3. The van der Waals surface area contributed by atoms with Crippen molar-refractivity contribution in [2.24, 2.45) is 0 Å². The maximum atomic E-state index is 12.1. The highest BCUT2D eigenvalue weighted by Gasteiger charge is 2.08. The van der Waals surface area contributed by atoms with Crippen molar-refractivity contribution in [1.29, 1.82) is 0 Å². The molecule has 0 bridgehead atoms. The van der Waals surface area contributed by atoms with Gasteiger partial charge in [-0.25, -0.2) is 0 Å². The zero-order valence-electron chi connectivity index (χ0n) is 12.5. The van der Waals surface area contributed by atoms with Crippen LogP contribution >= 0.6 is 0 Å². The molecule has 3 heteroatoms. The predicted octanol–water partition coefficient (Wildman–Crippen LogP) is 2.84. The SMILES string of the molecule is CCOCCN(C)CCC(=O)c1cc(C)cc(C)c1. The van der Waals surface area contributed by atoms with Gasteiger partial charge in [0.25, 0.3) is 0 Å². The molecule has 1 rings (SSSR count). The van der Waals surface area contributed by atoms with Crippen LogP contribution in [0.3, 0.4) is 0 Å². The second-order valence-corrected chi connectivity index (χ2v) is 5.05. The monoisotopic (exact) mass is 263 g/mol. The quantitative estimate of drug-likeness (QED) is 0.533. The number of nitrogens with zero attached hydrogens (tertiary/aromatic N) is 1. The van der Waals surface area contributed by atoms with Crippen molar-refractivity contribution in [2.75, 3.05) is 33.4 Å². The number of aryl methyl sites for hydroxylation is 2. The number of benzene rings is 1. The van der Waals surface area contributed by atoms with Gasteiger partial charge in [-0.05, 0) is 40.0 Å². The number of carbonyl (C=O) groups is 1. The van der Waals surface area contributed by atoms with Crippen LogP contribution in [0.2, 0.25) is 0 Å². The van der Waals surface area contributed by atoms with Crippen LogP contribution < -0.4 is 0 Å². The van der Waals surface area contributed by atoms with E-state index >= 15 is 0 Å². The van der Waals surface area contributed by atoms with Crippen molar-refractivity contribution >= 4 is 5.78 Å². The van der Waals surface area contributed by atoms with Crippen molar-refractivity contribution in [1.82, 2.24) is 4.90 Å². The van der Waals surface area contributed by atoms with E-state index in [0.29, 0.717) is 6.42 Å². The smallest absolute Gasteiger partial charge is 0.164 e. The molecule has 0 atom stereocenters. The third kappa shape index (κ3) is 5.99. The van der Waals surface area contributed by atoms with Crippen molar-refractivity contribution in [3.05, 3.63) is 34.9 Å². The molecule has 0 saturated heterocycles. The number of hydrogen-bond donors (Lipinski definition) is 0. The summed E-state index contributed by atoms with van der Waals surface area (Å²) in [5, 5.41) is 0. The van der Waals surface area contributed by atoms with Gasteiger partial charge in [-0.3, -0.25) is 4.79 Å². The maximum absolute atomic E-state index is 12.1. The number of rotatable bonds is 8. The molecular formula is C16H25NO2. The molecule has 0 aromatic heterocycles. The molecule has 19 heavy (non-hydrogen) atoms. The summed E-state index contributed by atoms with van der Waals surface area (Å²) in [6, 6.07) is 6.02. The number of hydrogen-bond acceptors (Lipinski definition) is 3. The first-order valence-corrected chi connectivity index (χ1v) is 6.90. The topological polar surface area (TPSA) is 29.5 Å². The van der Waals surface area contributed by atoms with Crippen LogP contribution in [0, 0.1) is 13.8 Å². The first-order chi connectivity index (χ1) is 9.02. The third-order valence-corrected chi connectivity index (χ3v) is 3.09. The largest absolute Gasteiger partial charge is 0.380 e. The summed E-state index contributed by atoms with van der Waals surface area (Å²) in [6.07, 6.45) is 0.561. The summed E-state index contributed by atoms with van der Waals surface area (Å²) in [7, 11) is 2.02. The number of ketones is 1. The Labute approximate surface area is 116 Å². The number of likely N-dealkylation sites (N-methyl/N-ethyl adjacent to an activating group) is 1. The standard InChI is InChI=1S/C16H25NO2/c1-5-19-9-8-17(4)7-6-16(18)15-11-13(2)10-14(3)12-15/h10-12H,5-9H2,1-4H3. The molecule has 0 spiro atoms. The summed E-state index contributed by atoms with van der Waals surface area (Å²) < 4.78 is 5.30. The average molecular weight is 263 g/mol. The first kappa shape index (κ1) is 15.9. The molecule has 0 unspecified atom stereocenters. The van der Waals surface area contributed by atoms with Gasteiger partial charge >= 0.3 is 0 Å².